The predicted octanol–water partition coefficient (Wildman–Crippen LogP) is 4.16. The molecule has 0 radical (unpaired) electrons. The number of rotatable bonds is 11. The first kappa shape index (κ1) is 23.5. The molecule has 7 nitrogen and oxygen atoms in total. The maximum atomic E-state index is 11.7. The van der Waals surface area contributed by atoms with Crippen LogP contribution in [-0.2, 0) is 20.4 Å². The van der Waals surface area contributed by atoms with E-state index in [2.05, 4.69) is 0 Å². The van der Waals surface area contributed by atoms with Gasteiger partial charge in [0.05, 0.1) is 0 Å². The van der Waals surface area contributed by atoms with Crippen molar-refractivity contribution in [1.82, 2.24) is 0 Å². The molecule has 0 aliphatic heterocycles. The summed E-state index contributed by atoms with van der Waals surface area (Å²) < 4.78 is 0. The number of aliphatic carboxylic acids is 2. The summed E-state index contributed by atoms with van der Waals surface area (Å²) in [4.78, 5) is 33.3. The molecule has 0 heterocycles. The van der Waals surface area contributed by atoms with Crippen molar-refractivity contribution in [2.45, 2.75) is 77.0 Å². The molecule has 0 fully saturated rings. The van der Waals surface area contributed by atoms with Crippen molar-refractivity contribution in [2.75, 3.05) is 0 Å². The lowest BCUT2D eigenvalue weighted by Crippen LogP contribution is -2.23. The lowest BCUT2D eigenvalue weighted by Gasteiger charge is -2.31. The lowest BCUT2D eigenvalue weighted by atomic mass is 9.73. The summed E-state index contributed by atoms with van der Waals surface area (Å²) in [5.74, 6) is -3.34. The van der Waals surface area contributed by atoms with Gasteiger partial charge in [0, 0.05) is 18.4 Å². The van der Waals surface area contributed by atoms with Crippen LogP contribution in [0, 0.1) is 0 Å². The highest BCUT2D eigenvalue weighted by Crippen LogP contribution is 2.41. The molecular weight excluding hydrogens is 364 g/mol. The van der Waals surface area contributed by atoms with E-state index >= 15 is 0 Å². The standard InChI is InChI=1S/C21H30O7/c1-20(2,9-5-7-16(22)23)13-11-14(19(27)28)18(26)15(12-13)21(3,4)10-6-8-17(24)25/h11-12,26H,5-10H2,1-4H3,(H,22,23)(H,24,25)(H,27,28). The minimum Gasteiger partial charge on any atom is -0.507 e. The molecule has 4 N–H and O–H groups in total. The Morgan fingerprint density at radius 1 is 0.821 bits per heavy atom. The highest BCUT2D eigenvalue weighted by Gasteiger charge is 2.31. The molecule has 28 heavy (non-hydrogen) atoms. The summed E-state index contributed by atoms with van der Waals surface area (Å²) in [5.41, 5.74) is -0.158. The van der Waals surface area contributed by atoms with Crippen molar-refractivity contribution in [3.05, 3.63) is 28.8 Å². The molecule has 0 spiro atoms. The fourth-order valence-corrected chi connectivity index (χ4v) is 3.35. The third-order valence-corrected chi connectivity index (χ3v) is 5.24. The van der Waals surface area contributed by atoms with Gasteiger partial charge in [0.25, 0.3) is 0 Å². The minimum absolute atomic E-state index is 0.00362. The summed E-state index contributed by atoms with van der Waals surface area (Å²) in [6, 6.07) is 3.21. The predicted molar refractivity (Wildman–Crippen MR) is 104 cm³/mol. The van der Waals surface area contributed by atoms with Crippen LogP contribution in [0.15, 0.2) is 12.1 Å². The summed E-state index contributed by atoms with van der Waals surface area (Å²) in [5, 5.41) is 37.8. The summed E-state index contributed by atoms with van der Waals surface area (Å²) >= 11 is 0. The van der Waals surface area contributed by atoms with Gasteiger partial charge in [0.15, 0.2) is 0 Å². The largest absolute Gasteiger partial charge is 0.507 e. The zero-order valence-electron chi connectivity index (χ0n) is 16.9. The van der Waals surface area contributed by atoms with Gasteiger partial charge >= 0.3 is 17.9 Å². The molecule has 7 heteroatoms. The van der Waals surface area contributed by atoms with Crippen LogP contribution in [0.2, 0.25) is 0 Å². The van der Waals surface area contributed by atoms with Crippen LogP contribution in [0.1, 0.15) is 87.7 Å². The van der Waals surface area contributed by atoms with Crippen LogP contribution in [0.5, 0.6) is 5.75 Å². The Bertz CT molecular complexity index is 747. The van der Waals surface area contributed by atoms with Crippen LogP contribution >= 0.6 is 0 Å². The Hall–Kier alpha value is -2.57. The number of carbonyl (C=O) groups is 3. The Balaban J connectivity index is 3.31. The van der Waals surface area contributed by atoms with Gasteiger partial charge in [0.1, 0.15) is 11.3 Å². The Morgan fingerprint density at radius 3 is 1.71 bits per heavy atom. The average Bonchev–Trinajstić information content (AvgIpc) is 2.53. The molecular formula is C21H30O7. The van der Waals surface area contributed by atoms with Gasteiger partial charge in [0.2, 0.25) is 0 Å². The first-order valence-electron chi connectivity index (χ1n) is 9.33. The normalized spacial score (nSPS) is 12.0. The first-order valence-corrected chi connectivity index (χ1v) is 9.33. The average molecular weight is 394 g/mol. The molecule has 0 saturated heterocycles. The molecule has 0 aliphatic rings. The van der Waals surface area contributed by atoms with E-state index in [1.807, 2.05) is 27.7 Å². The maximum absolute atomic E-state index is 11.7. The second-order valence-electron chi connectivity index (χ2n) is 8.49. The van der Waals surface area contributed by atoms with E-state index in [9.17, 15) is 24.6 Å². The number of hydrogen-bond acceptors (Lipinski definition) is 4. The summed E-state index contributed by atoms with van der Waals surface area (Å²) in [7, 11) is 0. The number of carboxylic acid groups (broad SMARTS) is 3. The zero-order valence-corrected chi connectivity index (χ0v) is 16.9. The topological polar surface area (TPSA) is 132 Å². The van der Waals surface area contributed by atoms with Crippen molar-refractivity contribution < 1.29 is 34.8 Å². The number of aromatic carboxylic acids is 1. The molecule has 156 valence electrons. The molecule has 0 saturated carbocycles. The summed E-state index contributed by atoms with van der Waals surface area (Å²) in [6.45, 7) is 7.51. The Labute approximate surface area is 165 Å². The minimum atomic E-state index is -1.25. The second-order valence-corrected chi connectivity index (χ2v) is 8.49. The maximum Gasteiger partial charge on any atom is 0.339 e. The SMILES string of the molecule is CC(C)(CCCC(=O)O)c1cc(C(=O)O)c(O)c(C(C)(C)CCCC(=O)O)c1. The Kier molecular flexibility index (Phi) is 7.61. The summed E-state index contributed by atoms with van der Waals surface area (Å²) in [6.07, 6.45) is 1.88. The Morgan fingerprint density at radius 2 is 1.29 bits per heavy atom. The molecule has 0 bridgehead atoms. The van der Waals surface area contributed by atoms with Crippen molar-refractivity contribution in [3.8, 4) is 5.75 Å². The lowest BCUT2D eigenvalue weighted by molar-refractivity contribution is -0.138. The van der Waals surface area contributed by atoms with E-state index in [0.29, 0.717) is 36.8 Å². The first-order chi connectivity index (χ1) is 12.8. The van der Waals surface area contributed by atoms with Crippen LogP contribution in [0.3, 0.4) is 0 Å². The van der Waals surface area contributed by atoms with Gasteiger partial charge in [-0.15, -0.1) is 0 Å². The third-order valence-electron chi connectivity index (χ3n) is 5.24. The molecule has 0 aliphatic carbocycles. The fourth-order valence-electron chi connectivity index (χ4n) is 3.35. The van der Waals surface area contributed by atoms with Gasteiger partial charge < -0.3 is 20.4 Å². The van der Waals surface area contributed by atoms with Gasteiger partial charge in [-0.05, 0) is 48.1 Å². The molecule has 1 aromatic rings. The van der Waals surface area contributed by atoms with Gasteiger partial charge in [-0.1, -0.05) is 33.8 Å². The molecule has 0 unspecified atom stereocenters. The second kappa shape index (κ2) is 9.08. The number of hydrogen-bond donors (Lipinski definition) is 4. The van der Waals surface area contributed by atoms with Crippen molar-refractivity contribution >= 4 is 17.9 Å². The van der Waals surface area contributed by atoms with E-state index in [-0.39, 0.29) is 24.2 Å². The highest BCUT2D eigenvalue weighted by atomic mass is 16.4. The third kappa shape index (κ3) is 6.25. The number of phenols is 1. The monoisotopic (exact) mass is 394 g/mol. The molecule has 1 aromatic carbocycles. The van der Waals surface area contributed by atoms with Crippen molar-refractivity contribution in [2.24, 2.45) is 0 Å². The van der Waals surface area contributed by atoms with Crippen LogP contribution in [-0.4, -0.2) is 38.3 Å². The number of aromatic hydroxyl groups is 1. The van der Waals surface area contributed by atoms with E-state index in [1.54, 1.807) is 6.07 Å². The highest BCUT2D eigenvalue weighted by molar-refractivity contribution is 5.92. The zero-order chi connectivity index (χ0) is 21.7. The van der Waals surface area contributed by atoms with E-state index in [1.165, 1.54) is 6.07 Å². The molecule has 0 amide bonds. The molecule has 0 atom stereocenters. The van der Waals surface area contributed by atoms with Crippen LogP contribution < -0.4 is 0 Å². The van der Waals surface area contributed by atoms with Gasteiger partial charge in [-0.3, -0.25) is 9.59 Å². The van der Waals surface area contributed by atoms with Crippen LogP contribution in [0.4, 0.5) is 0 Å². The van der Waals surface area contributed by atoms with Crippen molar-refractivity contribution in [3.63, 3.8) is 0 Å². The fraction of sp³-hybridized carbons (Fsp3) is 0.571. The van der Waals surface area contributed by atoms with E-state index < -0.39 is 28.7 Å². The van der Waals surface area contributed by atoms with Crippen molar-refractivity contribution in [1.29, 1.82) is 0 Å². The van der Waals surface area contributed by atoms with E-state index in [4.69, 9.17) is 10.2 Å². The smallest absolute Gasteiger partial charge is 0.339 e. The quantitative estimate of drug-likeness (QED) is 0.443. The van der Waals surface area contributed by atoms with Gasteiger partial charge in [-0.2, -0.15) is 0 Å². The number of carboxylic acids is 3. The van der Waals surface area contributed by atoms with E-state index in [0.717, 1.165) is 0 Å². The molecule has 1 rings (SSSR count). The number of benzene rings is 1. The van der Waals surface area contributed by atoms with Crippen LogP contribution in [0.25, 0.3) is 0 Å². The molecule has 0 aromatic heterocycles. The van der Waals surface area contributed by atoms with Gasteiger partial charge in [-0.25, -0.2) is 4.79 Å².